The highest BCUT2D eigenvalue weighted by Gasteiger charge is 2.20. The van der Waals surface area contributed by atoms with E-state index >= 15 is 0 Å². The zero-order valence-electron chi connectivity index (χ0n) is 11.4. The molecule has 0 bridgehead atoms. The number of pyridine rings is 1. The molecule has 0 fully saturated rings. The van der Waals surface area contributed by atoms with Gasteiger partial charge in [0.1, 0.15) is 5.69 Å². The van der Waals surface area contributed by atoms with Gasteiger partial charge in [0.25, 0.3) is 0 Å². The minimum atomic E-state index is -0.378. The summed E-state index contributed by atoms with van der Waals surface area (Å²) in [6.45, 7) is 6.17. The van der Waals surface area contributed by atoms with Crippen molar-refractivity contribution < 1.29 is 9.21 Å². The third-order valence-electron chi connectivity index (χ3n) is 2.73. The van der Waals surface area contributed by atoms with Gasteiger partial charge < -0.3 is 9.73 Å². The molecular weight excluding hydrogens is 240 g/mol. The van der Waals surface area contributed by atoms with Crippen LogP contribution in [0.1, 0.15) is 26.3 Å². The van der Waals surface area contributed by atoms with Crippen LogP contribution in [0.5, 0.6) is 0 Å². The lowest BCUT2D eigenvalue weighted by Gasteiger charge is -2.17. The van der Waals surface area contributed by atoms with E-state index in [9.17, 15) is 4.79 Å². The Morgan fingerprint density at radius 3 is 2.79 bits per heavy atom. The average molecular weight is 258 g/mol. The predicted molar refractivity (Wildman–Crippen MR) is 73.2 cm³/mol. The van der Waals surface area contributed by atoms with Gasteiger partial charge in [0.15, 0.2) is 5.76 Å². The molecule has 2 rings (SSSR count). The molecule has 0 saturated heterocycles. The normalized spacial score (nSPS) is 11.3. The number of hydrogen-bond acceptors (Lipinski definition) is 3. The molecule has 4 nitrogen and oxygen atoms in total. The van der Waals surface area contributed by atoms with Gasteiger partial charge >= 0.3 is 0 Å². The monoisotopic (exact) mass is 258 g/mol. The number of nitrogens with one attached hydrogen (secondary N) is 1. The third-order valence-corrected chi connectivity index (χ3v) is 2.73. The van der Waals surface area contributed by atoms with Crippen molar-refractivity contribution in [3.8, 4) is 11.5 Å². The molecule has 0 aliphatic carbocycles. The first-order chi connectivity index (χ1) is 8.97. The van der Waals surface area contributed by atoms with Crippen LogP contribution in [0.25, 0.3) is 11.5 Å². The number of furan rings is 1. The second kappa shape index (κ2) is 5.26. The van der Waals surface area contributed by atoms with Crippen molar-refractivity contribution in [2.45, 2.75) is 27.3 Å². The van der Waals surface area contributed by atoms with E-state index in [-0.39, 0.29) is 11.3 Å². The van der Waals surface area contributed by atoms with Gasteiger partial charge in [0.05, 0.1) is 6.26 Å². The summed E-state index contributed by atoms with van der Waals surface area (Å²) >= 11 is 0. The molecule has 2 aromatic heterocycles. The molecule has 1 amide bonds. The maximum absolute atomic E-state index is 11.8. The summed E-state index contributed by atoms with van der Waals surface area (Å²) in [4.78, 5) is 16.1. The lowest BCUT2D eigenvalue weighted by Crippen LogP contribution is -2.34. The Morgan fingerprint density at radius 1 is 1.37 bits per heavy atom. The maximum Gasteiger partial charge on any atom is 0.225 e. The van der Waals surface area contributed by atoms with Crippen LogP contribution in [-0.4, -0.2) is 10.9 Å². The molecule has 0 unspecified atom stereocenters. The second-order valence-electron chi connectivity index (χ2n) is 5.46. The van der Waals surface area contributed by atoms with Crippen LogP contribution in [0.3, 0.4) is 0 Å². The van der Waals surface area contributed by atoms with Gasteiger partial charge in [-0.3, -0.25) is 9.78 Å². The largest absolute Gasteiger partial charge is 0.463 e. The molecule has 2 aromatic rings. The summed E-state index contributed by atoms with van der Waals surface area (Å²) in [5.74, 6) is 0.757. The van der Waals surface area contributed by atoms with Crippen LogP contribution in [0.15, 0.2) is 41.1 Å². The first-order valence-corrected chi connectivity index (χ1v) is 6.24. The van der Waals surface area contributed by atoms with Gasteiger partial charge in [0, 0.05) is 18.2 Å². The molecule has 100 valence electrons. The Balaban J connectivity index is 2.06. The highest BCUT2D eigenvalue weighted by molar-refractivity contribution is 5.81. The fourth-order valence-electron chi connectivity index (χ4n) is 1.59. The number of amides is 1. The number of nitrogens with zero attached hydrogens (tertiary/aromatic N) is 1. The Hall–Kier alpha value is -2.10. The molecule has 0 aromatic carbocycles. The SMILES string of the molecule is CC(C)(C)C(=O)NCc1ccnc(-c2ccco2)c1. The minimum absolute atomic E-state index is 0.0314. The summed E-state index contributed by atoms with van der Waals surface area (Å²) < 4.78 is 5.30. The smallest absolute Gasteiger partial charge is 0.225 e. The van der Waals surface area contributed by atoms with Gasteiger partial charge in [-0.1, -0.05) is 20.8 Å². The highest BCUT2D eigenvalue weighted by Crippen LogP contribution is 2.18. The molecule has 2 heterocycles. The molecule has 0 aliphatic heterocycles. The van der Waals surface area contributed by atoms with Gasteiger partial charge in [0.2, 0.25) is 5.91 Å². The molecule has 19 heavy (non-hydrogen) atoms. The number of aromatic nitrogens is 1. The quantitative estimate of drug-likeness (QED) is 0.920. The lowest BCUT2D eigenvalue weighted by molar-refractivity contribution is -0.128. The number of carbonyl (C=O) groups is 1. The van der Waals surface area contributed by atoms with Gasteiger partial charge in [-0.25, -0.2) is 0 Å². The van der Waals surface area contributed by atoms with Crippen LogP contribution in [-0.2, 0) is 11.3 Å². The highest BCUT2D eigenvalue weighted by atomic mass is 16.3. The van der Waals surface area contributed by atoms with E-state index in [0.29, 0.717) is 6.54 Å². The zero-order chi connectivity index (χ0) is 13.9. The summed E-state index contributed by atoms with van der Waals surface area (Å²) in [7, 11) is 0. The van der Waals surface area contributed by atoms with E-state index in [1.54, 1.807) is 12.5 Å². The standard InChI is InChI=1S/C15H18N2O2/c1-15(2,3)14(18)17-10-11-6-7-16-12(9-11)13-5-4-8-19-13/h4-9H,10H2,1-3H3,(H,17,18). The van der Waals surface area contributed by atoms with Crippen molar-refractivity contribution in [1.82, 2.24) is 10.3 Å². The fraction of sp³-hybridized carbons (Fsp3) is 0.333. The van der Waals surface area contributed by atoms with Crippen LogP contribution in [0.2, 0.25) is 0 Å². The van der Waals surface area contributed by atoms with Gasteiger partial charge in [-0.05, 0) is 29.8 Å². The Bertz CT molecular complexity index is 554. The third kappa shape index (κ3) is 3.44. The lowest BCUT2D eigenvalue weighted by atomic mass is 9.95. The van der Waals surface area contributed by atoms with Crippen LogP contribution >= 0.6 is 0 Å². The first kappa shape index (κ1) is 13.3. The van der Waals surface area contributed by atoms with E-state index in [0.717, 1.165) is 17.0 Å². The Kier molecular flexibility index (Phi) is 3.69. The van der Waals surface area contributed by atoms with Crippen molar-refractivity contribution in [2.24, 2.45) is 5.41 Å². The van der Waals surface area contributed by atoms with Crippen molar-refractivity contribution in [1.29, 1.82) is 0 Å². The first-order valence-electron chi connectivity index (χ1n) is 6.24. The Morgan fingerprint density at radius 2 is 2.16 bits per heavy atom. The molecular formula is C15H18N2O2. The van der Waals surface area contributed by atoms with E-state index in [4.69, 9.17) is 4.42 Å². The van der Waals surface area contributed by atoms with Gasteiger partial charge in [-0.15, -0.1) is 0 Å². The minimum Gasteiger partial charge on any atom is -0.463 e. The van der Waals surface area contributed by atoms with Crippen LogP contribution in [0.4, 0.5) is 0 Å². The van der Waals surface area contributed by atoms with Crippen molar-refractivity contribution in [3.63, 3.8) is 0 Å². The molecule has 0 saturated carbocycles. The van der Waals surface area contributed by atoms with E-state index < -0.39 is 0 Å². The summed E-state index contributed by atoms with van der Waals surface area (Å²) in [5.41, 5.74) is 1.39. The summed E-state index contributed by atoms with van der Waals surface area (Å²) in [6.07, 6.45) is 3.33. The topological polar surface area (TPSA) is 55.1 Å². The van der Waals surface area contributed by atoms with Crippen LogP contribution < -0.4 is 5.32 Å². The van der Waals surface area contributed by atoms with Crippen molar-refractivity contribution in [2.75, 3.05) is 0 Å². The molecule has 0 spiro atoms. The van der Waals surface area contributed by atoms with E-state index in [1.807, 2.05) is 45.0 Å². The number of carbonyl (C=O) groups excluding carboxylic acids is 1. The molecule has 0 atom stereocenters. The summed E-state index contributed by atoms with van der Waals surface area (Å²) in [6, 6.07) is 7.49. The van der Waals surface area contributed by atoms with Crippen LogP contribution in [0, 0.1) is 5.41 Å². The maximum atomic E-state index is 11.8. The predicted octanol–water partition coefficient (Wildman–Crippen LogP) is 3.00. The second-order valence-corrected chi connectivity index (χ2v) is 5.46. The van der Waals surface area contributed by atoms with Gasteiger partial charge in [-0.2, -0.15) is 0 Å². The average Bonchev–Trinajstić information content (AvgIpc) is 2.89. The number of hydrogen-bond donors (Lipinski definition) is 1. The van der Waals surface area contributed by atoms with E-state index in [1.165, 1.54) is 0 Å². The van der Waals surface area contributed by atoms with Crippen molar-refractivity contribution in [3.05, 3.63) is 42.3 Å². The Labute approximate surface area is 112 Å². The van der Waals surface area contributed by atoms with E-state index in [2.05, 4.69) is 10.3 Å². The molecule has 1 N–H and O–H groups in total. The molecule has 4 heteroatoms. The zero-order valence-corrected chi connectivity index (χ0v) is 11.4. The molecule has 0 radical (unpaired) electrons. The molecule has 0 aliphatic rings. The number of rotatable bonds is 3. The van der Waals surface area contributed by atoms with Crippen molar-refractivity contribution >= 4 is 5.91 Å². The summed E-state index contributed by atoms with van der Waals surface area (Å²) in [5, 5.41) is 2.91. The fourth-order valence-corrected chi connectivity index (χ4v) is 1.59.